The molecule has 0 saturated heterocycles. The van der Waals surface area contributed by atoms with E-state index in [4.69, 9.17) is 10.5 Å². The average Bonchev–Trinajstić information content (AvgIpc) is 2.83. The fraction of sp³-hybridized carbons (Fsp3) is 0.385. The molecule has 5 N–H and O–H groups in total. The number of carbonyl (C=O) groups excluding carboxylic acids is 2. The van der Waals surface area contributed by atoms with Crippen LogP contribution in [-0.2, 0) is 14.3 Å². The summed E-state index contributed by atoms with van der Waals surface area (Å²) in [5.41, 5.74) is 8.69. The molecule has 2 aromatic carbocycles. The van der Waals surface area contributed by atoms with Crippen molar-refractivity contribution in [2.75, 3.05) is 31.3 Å². The molecule has 0 spiro atoms. The molecule has 0 bridgehead atoms. The van der Waals surface area contributed by atoms with Crippen LogP contribution in [0.1, 0.15) is 49.3 Å². The number of nitrogen functional groups attached to an aromatic ring is 1. The quantitative estimate of drug-likeness (QED) is 0.251. The Hall–Kier alpha value is -3.16. The zero-order valence-corrected chi connectivity index (χ0v) is 19.2. The van der Waals surface area contributed by atoms with Crippen molar-refractivity contribution in [3.05, 3.63) is 65.7 Å². The van der Waals surface area contributed by atoms with Crippen molar-refractivity contribution in [2.24, 2.45) is 0 Å². The third-order valence-corrected chi connectivity index (χ3v) is 5.78. The van der Waals surface area contributed by atoms with Crippen LogP contribution in [0.15, 0.2) is 54.6 Å². The number of ether oxygens (including phenoxy) is 1. The van der Waals surface area contributed by atoms with Crippen molar-refractivity contribution in [2.45, 2.75) is 44.2 Å². The van der Waals surface area contributed by atoms with Crippen molar-refractivity contribution < 1.29 is 14.3 Å². The highest BCUT2D eigenvalue weighted by atomic mass is 16.5. The van der Waals surface area contributed by atoms with Crippen molar-refractivity contribution in [1.82, 2.24) is 10.6 Å². The first kappa shape index (κ1) is 24.5. The lowest BCUT2D eigenvalue weighted by molar-refractivity contribution is -0.124. The maximum atomic E-state index is 13.0. The van der Waals surface area contributed by atoms with Gasteiger partial charge in [0.15, 0.2) is 0 Å². The number of rotatable bonds is 10. The summed E-state index contributed by atoms with van der Waals surface area (Å²) >= 11 is 0. The van der Waals surface area contributed by atoms with Gasteiger partial charge in [-0.2, -0.15) is 0 Å². The minimum absolute atomic E-state index is 0.0128. The minimum atomic E-state index is -0.454. The summed E-state index contributed by atoms with van der Waals surface area (Å²) in [5, 5.41) is 9.27. The van der Waals surface area contributed by atoms with Crippen LogP contribution in [0.5, 0.6) is 0 Å². The van der Waals surface area contributed by atoms with Crippen molar-refractivity contribution in [1.29, 1.82) is 0 Å². The molecule has 1 fully saturated rings. The summed E-state index contributed by atoms with van der Waals surface area (Å²) in [6.07, 6.45) is 8.84. The van der Waals surface area contributed by atoms with Crippen molar-refractivity contribution >= 4 is 29.3 Å². The number of hydrogen-bond donors (Lipinski definition) is 4. The molecule has 0 aliphatic heterocycles. The second-order valence-electron chi connectivity index (χ2n) is 8.30. The maximum Gasteiger partial charge on any atom is 0.248 e. The highest BCUT2D eigenvalue weighted by Crippen LogP contribution is 2.20. The largest absolute Gasteiger partial charge is 0.397 e. The smallest absolute Gasteiger partial charge is 0.248 e. The molecule has 2 aromatic rings. The number of nitrogens with one attached hydrogen (secondary N) is 3. The van der Waals surface area contributed by atoms with Crippen LogP contribution in [0.25, 0.3) is 6.08 Å². The lowest BCUT2D eigenvalue weighted by Crippen LogP contribution is -2.44. The summed E-state index contributed by atoms with van der Waals surface area (Å²) < 4.78 is 5.13. The molecule has 1 aliphatic carbocycles. The molecule has 1 unspecified atom stereocenters. The Labute approximate surface area is 195 Å². The molecule has 0 heterocycles. The van der Waals surface area contributed by atoms with Gasteiger partial charge in [-0.3, -0.25) is 14.9 Å². The average molecular weight is 451 g/mol. The Morgan fingerprint density at radius 2 is 1.82 bits per heavy atom. The fourth-order valence-corrected chi connectivity index (χ4v) is 3.96. The molecule has 0 aromatic heterocycles. The van der Waals surface area contributed by atoms with E-state index < -0.39 is 6.04 Å². The molecular formula is C26H34N4O3. The molecule has 176 valence electrons. The number of benzene rings is 2. The topological polar surface area (TPSA) is 105 Å². The van der Waals surface area contributed by atoms with Gasteiger partial charge in [0.1, 0.15) is 6.04 Å². The van der Waals surface area contributed by atoms with Crippen molar-refractivity contribution in [3.8, 4) is 0 Å². The van der Waals surface area contributed by atoms with Crippen molar-refractivity contribution in [3.63, 3.8) is 0 Å². The second kappa shape index (κ2) is 12.8. The van der Waals surface area contributed by atoms with Crippen LogP contribution in [-0.4, -0.2) is 38.1 Å². The third-order valence-electron chi connectivity index (χ3n) is 5.78. The second-order valence-corrected chi connectivity index (χ2v) is 8.30. The summed E-state index contributed by atoms with van der Waals surface area (Å²) in [4.78, 5) is 25.2. The number of methoxy groups -OCH3 is 1. The lowest BCUT2D eigenvalue weighted by Gasteiger charge is -2.26. The molecule has 1 aliphatic rings. The van der Waals surface area contributed by atoms with E-state index in [1.165, 1.54) is 12.5 Å². The van der Waals surface area contributed by atoms with Gasteiger partial charge in [-0.25, -0.2) is 0 Å². The lowest BCUT2D eigenvalue weighted by atomic mass is 9.95. The van der Waals surface area contributed by atoms with Crippen LogP contribution in [0.3, 0.4) is 0 Å². The van der Waals surface area contributed by atoms with Gasteiger partial charge >= 0.3 is 0 Å². The Bertz CT molecular complexity index is 937. The number of amides is 2. The predicted octanol–water partition coefficient (Wildman–Crippen LogP) is 3.65. The van der Waals surface area contributed by atoms with Crippen LogP contribution in [0.2, 0.25) is 0 Å². The molecule has 1 atom stereocenters. The minimum Gasteiger partial charge on any atom is -0.397 e. The van der Waals surface area contributed by atoms with Gasteiger partial charge < -0.3 is 21.1 Å². The normalized spacial score (nSPS) is 15.3. The summed E-state index contributed by atoms with van der Waals surface area (Å²) in [6.45, 7) is 1.10. The summed E-state index contributed by atoms with van der Waals surface area (Å²) in [6, 6.07) is 14.5. The Balaban J connectivity index is 1.63. The van der Waals surface area contributed by atoms with Crippen LogP contribution < -0.4 is 21.7 Å². The number of nitrogens with two attached hydrogens (primary N) is 1. The number of carbonyl (C=O) groups is 2. The number of para-hydroxylation sites is 2. The monoisotopic (exact) mass is 450 g/mol. The Morgan fingerprint density at radius 3 is 2.52 bits per heavy atom. The van der Waals surface area contributed by atoms with Gasteiger partial charge in [0.25, 0.3) is 0 Å². The Kier molecular flexibility index (Phi) is 9.47. The standard InChI is InChI=1S/C26H34N4O3/c1-33-18-17-28-25(26(32)29-21-7-3-2-4-8-21)20-14-11-19(12-15-20)13-16-24(31)30-23-10-6-5-9-22(23)27/h5-6,9-16,21,25,28H,2-4,7-8,17-18,27H2,1H3,(H,29,32)(H,30,31)/b16-13+. The first-order valence-corrected chi connectivity index (χ1v) is 11.5. The van der Waals surface area contributed by atoms with E-state index in [1.807, 2.05) is 36.4 Å². The summed E-state index contributed by atoms with van der Waals surface area (Å²) in [7, 11) is 1.64. The van der Waals surface area contributed by atoms with Crippen LogP contribution >= 0.6 is 0 Å². The van der Waals surface area contributed by atoms with E-state index in [-0.39, 0.29) is 17.9 Å². The van der Waals surface area contributed by atoms with Crippen LogP contribution in [0, 0.1) is 0 Å². The first-order chi connectivity index (χ1) is 16.1. The van der Waals surface area contributed by atoms with E-state index >= 15 is 0 Å². The van der Waals surface area contributed by atoms with Gasteiger partial charge in [0.2, 0.25) is 11.8 Å². The van der Waals surface area contributed by atoms with E-state index in [0.29, 0.717) is 24.5 Å². The molecule has 2 amide bonds. The predicted molar refractivity (Wildman–Crippen MR) is 133 cm³/mol. The summed E-state index contributed by atoms with van der Waals surface area (Å²) in [5.74, 6) is -0.274. The molecule has 33 heavy (non-hydrogen) atoms. The molecule has 7 nitrogen and oxygen atoms in total. The van der Waals surface area contributed by atoms with Gasteiger partial charge in [0, 0.05) is 25.8 Å². The number of anilines is 2. The highest BCUT2D eigenvalue weighted by molar-refractivity contribution is 6.03. The van der Waals surface area contributed by atoms with E-state index in [0.717, 1.165) is 36.8 Å². The molecule has 1 saturated carbocycles. The highest BCUT2D eigenvalue weighted by Gasteiger charge is 2.23. The number of hydrogen-bond acceptors (Lipinski definition) is 5. The van der Waals surface area contributed by atoms with E-state index in [2.05, 4.69) is 16.0 Å². The molecule has 7 heteroatoms. The van der Waals surface area contributed by atoms with Gasteiger partial charge in [-0.05, 0) is 42.2 Å². The zero-order valence-electron chi connectivity index (χ0n) is 19.2. The SMILES string of the molecule is COCCNC(C(=O)NC1CCCCC1)c1ccc(/C=C/C(=O)Nc2ccccc2N)cc1. The third kappa shape index (κ3) is 7.73. The van der Waals surface area contributed by atoms with E-state index in [9.17, 15) is 9.59 Å². The molecular weight excluding hydrogens is 416 g/mol. The zero-order chi connectivity index (χ0) is 23.5. The van der Waals surface area contributed by atoms with Gasteiger partial charge in [-0.1, -0.05) is 55.7 Å². The first-order valence-electron chi connectivity index (χ1n) is 11.5. The Morgan fingerprint density at radius 1 is 1.09 bits per heavy atom. The molecule has 0 radical (unpaired) electrons. The van der Waals surface area contributed by atoms with Crippen LogP contribution in [0.4, 0.5) is 11.4 Å². The maximum absolute atomic E-state index is 13.0. The molecule has 3 rings (SSSR count). The fourth-order valence-electron chi connectivity index (χ4n) is 3.96. The van der Waals surface area contributed by atoms with Gasteiger partial charge in [-0.15, -0.1) is 0 Å². The van der Waals surface area contributed by atoms with E-state index in [1.54, 1.807) is 25.3 Å². The van der Waals surface area contributed by atoms with Gasteiger partial charge in [0.05, 0.1) is 18.0 Å².